The molecule has 0 fully saturated rings. The molecule has 2 N–H and O–H groups in total. The van der Waals surface area contributed by atoms with Gasteiger partial charge in [0, 0.05) is 6.54 Å². The molecular weight excluding hydrogens is 294 g/mol. The van der Waals surface area contributed by atoms with E-state index in [2.05, 4.69) is 5.32 Å². The second kappa shape index (κ2) is 8.19. The van der Waals surface area contributed by atoms with Crippen LogP contribution in [0, 0.1) is 0 Å². The summed E-state index contributed by atoms with van der Waals surface area (Å²) in [5.41, 5.74) is 1.59. The predicted octanol–water partition coefficient (Wildman–Crippen LogP) is 2.10. The number of hydrogen-bond acceptors (Lipinski definition) is 4. The molecular formula is C18H21NO4. The minimum absolute atomic E-state index is 0.129. The fourth-order valence-corrected chi connectivity index (χ4v) is 2.23. The zero-order valence-corrected chi connectivity index (χ0v) is 13.3. The largest absolute Gasteiger partial charge is 0.493 e. The van der Waals surface area contributed by atoms with Crippen LogP contribution in [0.2, 0.25) is 0 Å². The van der Waals surface area contributed by atoms with Crippen molar-refractivity contribution in [2.45, 2.75) is 12.5 Å². The van der Waals surface area contributed by atoms with Crippen LogP contribution in [0.15, 0.2) is 48.5 Å². The van der Waals surface area contributed by atoms with Crippen molar-refractivity contribution in [2.24, 2.45) is 0 Å². The number of methoxy groups -OCH3 is 2. The molecule has 2 rings (SSSR count). The maximum absolute atomic E-state index is 11.9. The lowest BCUT2D eigenvalue weighted by Gasteiger charge is -2.15. The Balaban J connectivity index is 1.91. The Hall–Kier alpha value is -2.53. The molecule has 122 valence electrons. The van der Waals surface area contributed by atoms with Crippen molar-refractivity contribution in [3.63, 3.8) is 0 Å². The Morgan fingerprint density at radius 3 is 2.43 bits per heavy atom. The molecule has 0 radical (unpaired) electrons. The van der Waals surface area contributed by atoms with Crippen molar-refractivity contribution in [2.75, 3.05) is 20.8 Å². The summed E-state index contributed by atoms with van der Waals surface area (Å²) in [5, 5.41) is 12.9. The summed E-state index contributed by atoms with van der Waals surface area (Å²) in [6.45, 7) is 0.140. The minimum atomic E-state index is -0.811. The zero-order chi connectivity index (χ0) is 16.7. The second-order valence-corrected chi connectivity index (χ2v) is 5.10. The summed E-state index contributed by atoms with van der Waals surface area (Å²) in [4.78, 5) is 11.9. The maximum Gasteiger partial charge on any atom is 0.224 e. The average Bonchev–Trinajstić information content (AvgIpc) is 2.59. The number of aliphatic hydroxyl groups is 1. The van der Waals surface area contributed by atoms with Crippen molar-refractivity contribution in [1.29, 1.82) is 0 Å². The van der Waals surface area contributed by atoms with E-state index in [4.69, 9.17) is 9.47 Å². The Kier molecular flexibility index (Phi) is 6.00. The molecule has 2 aromatic rings. The van der Waals surface area contributed by atoms with Crippen molar-refractivity contribution >= 4 is 5.91 Å². The molecule has 1 atom stereocenters. The van der Waals surface area contributed by atoms with Crippen LogP contribution in [-0.2, 0) is 11.2 Å². The SMILES string of the molecule is COc1ccc(C(O)CNC(=O)Cc2ccccc2)cc1OC. The number of ether oxygens (including phenoxy) is 2. The molecule has 0 aliphatic heterocycles. The van der Waals surface area contributed by atoms with E-state index in [0.29, 0.717) is 23.5 Å². The smallest absolute Gasteiger partial charge is 0.224 e. The second-order valence-electron chi connectivity index (χ2n) is 5.10. The molecule has 0 aliphatic carbocycles. The third-order valence-electron chi connectivity index (χ3n) is 3.49. The van der Waals surface area contributed by atoms with Gasteiger partial charge in [-0.15, -0.1) is 0 Å². The van der Waals surface area contributed by atoms with E-state index in [9.17, 15) is 9.90 Å². The third kappa shape index (κ3) is 4.72. The Labute approximate surface area is 135 Å². The summed E-state index contributed by atoms with van der Waals surface area (Å²) < 4.78 is 10.4. The van der Waals surface area contributed by atoms with Gasteiger partial charge in [0.2, 0.25) is 5.91 Å². The summed E-state index contributed by atoms with van der Waals surface area (Å²) in [7, 11) is 3.09. The van der Waals surface area contributed by atoms with Crippen LogP contribution in [0.4, 0.5) is 0 Å². The number of rotatable bonds is 7. The van der Waals surface area contributed by atoms with E-state index in [1.165, 1.54) is 7.11 Å². The lowest BCUT2D eigenvalue weighted by atomic mass is 10.1. The monoisotopic (exact) mass is 315 g/mol. The molecule has 5 nitrogen and oxygen atoms in total. The van der Waals surface area contributed by atoms with Crippen LogP contribution in [0.3, 0.4) is 0 Å². The number of amides is 1. The van der Waals surface area contributed by atoms with Gasteiger partial charge in [0.1, 0.15) is 0 Å². The van der Waals surface area contributed by atoms with Crippen LogP contribution in [-0.4, -0.2) is 31.8 Å². The predicted molar refractivity (Wildman–Crippen MR) is 87.7 cm³/mol. The zero-order valence-electron chi connectivity index (χ0n) is 13.3. The van der Waals surface area contributed by atoms with E-state index in [1.807, 2.05) is 30.3 Å². The van der Waals surface area contributed by atoms with Gasteiger partial charge in [-0.05, 0) is 23.3 Å². The van der Waals surface area contributed by atoms with Gasteiger partial charge in [-0.1, -0.05) is 36.4 Å². The molecule has 0 saturated carbocycles. The normalized spacial score (nSPS) is 11.6. The highest BCUT2D eigenvalue weighted by Gasteiger charge is 2.13. The van der Waals surface area contributed by atoms with Gasteiger partial charge in [0.05, 0.1) is 26.7 Å². The van der Waals surface area contributed by atoms with Crippen LogP contribution < -0.4 is 14.8 Å². The number of hydrogen-bond donors (Lipinski definition) is 2. The summed E-state index contributed by atoms with van der Waals surface area (Å²) >= 11 is 0. The molecule has 5 heteroatoms. The Morgan fingerprint density at radius 1 is 1.09 bits per heavy atom. The maximum atomic E-state index is 11.9. The molecule has 0 saturated heterocycles. The summed E-state index contributed by atoms with van der Waals surface area (Å²) in [5.74, 6) is 1.01. The summed E-state index contributed by atoms with van der Waals surface area (Å²) in [6, 6.07) is 14.6. The number of carbonyl (C=O) groups is 1. The first-order valence-corrected chi connectivity index (χ1v) is 7.34. The summed E-state index contributed by atoms with van der Waals surface area (Å²) in [6.07, 6.45) is -0.519. The third-order valence-corrected chi connectivity index (χ3v) is 3.49. The lowest BCUT2D eigenvalue weighted by molar-refractivity contribution is -0.120. The number of aliphatic hydroxyl groups excluding tert-OH is 1. The molecule has 2 aromatic carbocycles. The average molecular weight is 315 g/mol. The minimum Gasteiger partial charge on any atom is -0.493 e. The van der Waals surface area contributed by atoms with Gasteiger partial charge in [-0.2, -0.15) is 0 Å². The van der Waals surface area contributed by atoms with E-state index >= 15 is 0 Å². The molecule has 1 unspecified atom stereocenters. The van der Waals surface area contributed by atoms with Gasteiger partial charge in [0.25, 0.3) is 0 Å². The molecule has 0 aliphatic rings. The quantitative estimate of drug-likeness (QED) is 0.821. The molecule has 0 heterocycles. The molecule has 0 spiro atoms. The fourth-order valence-electron chi connectivity index (χ4n) is 2.23. The molecule has 1 amide bonds. The van der Waals surface area contributed by atoms with Gasteiger partial charge in [-0.3, -0.25) is 4.79 Å². The van der Waals surface area contributed by atoms with Crippen LogP contribution >= 0.6 is 0 Å². The van der Waals surface area contributed by atoms with Gasteiger partial charge in [-0.25, -0.2) is 0 Å². The van der Waals surface area contributed by atoms with Crippen LogP contribution in [0.25, 0.3) is 0 Å². The van der Waals surface area contributed by atoms with Crippen molar-refractivity contribution < 1.29 is 19.4 Å². The molecule has 23 heavy (non-hydrogen) atoms. The molecule has 0 aromatic heterocycles. The standard InChI is InChI=1S/C18H21NO4/c1-22-16-9-8-14(11-17(16)23-2)15(20)12-19-18(21)10-13-6-4-3-5-7-13/h3-9,11,15,20H,10,12H2,1-2H3,(H,19,21). The van der Waals surface area contributed by atoms with E-state index < -0.39 is 6.10 Å². The fraction of sp³-hybridized carbons (Fsp3) is 0.278. The van der Waals surface area contributed by atoms with E-state index in [-0.39, 0.29) is 12.5 Å². The van der Waals surface area contributed by atoms with Gasteiger partial charge < -0.3 is 19.9 Å². The Morgan fingerprint density at radius 2 is 1.78 bits per heavy atom. The highest BCUT2D eigenvalue weighted by molar-refractivity contribution is 5.78. The highest BCUT2D eigenvalue weighted by atomic mass is 16.5. The first-order valence-electron chi connectivity index (χ1n) is 7.34. The van der Waals surface area contributed by atoms with Crippen LogP contribution in [0.1, 0.15) is 17.2 Å². The van der Waals surface area contributed by atoms with Crippen molar-refractivity contribution in [3.8, 4) is 11.5 Å². The van der Waals surface area contributed by atoms with Gasteiger partial charge in [0.15, 0.2) is 11.5 Å². The van der Waals surface area contributed by atoms with Crippen molar-refractivity contribution in [3.05, 3.63) is 59.7 Å². The highest BCUT2D eigenvalue weighted by Crippen LogP contribution is 2.29. The molecule has 0 bridgehead atoms. The van der Waals surface area contributed by atoms with E-state index in [0.717, 1.165) is 5.56 Å². The lowest BCUT2D eigenvalue weighted by Crippen LogP contribution is -2.29. The number of benzene rings is 2. The van der Waals surface area contributed by atoms with Gasteiger partial charge >= 0.3 is 0 Å². The van der Waals surface area contributed by atoms with E-state index in [1.54, 1.807) is 25.3 Å². The Bertz CT molecular complexity index is 643. The number of carbonyl (C=O) groups excluding carboxylic acids is 1. The first kappa shape index (κ1) is 16.8. The topological polar surface area (TPSA) is 67.8 Å². The number of nitrogens with one attached hydrogen (secondary N) is 1. The van der Waals surface area contributed by atoms with Crippen molar-refractivity contribution in [1.82, 2.24) is 5.32 Å². The van der Waals surface area contributed by atoms with Crippen LogP contribution in [0.5, 0.6) is 11.5 Å². The first-order chi connectivity index (χ1) is 11.1.